The average molecular weight is 477 g/mol. The number of carbonyl (C=O) groups excluding carboxylic acids is 2. The van der Waals surface area contributed by atoms with Gasteiger partial charge in [0, 0.05) is 38.0 Å². The third-order valence-electron chi connectivity index (χ3n) is 7.04. The Kier molecular flexibility index (Phi) is 6.99. The van der Waals surface area contributed by atoms with Crippen LogP contribution in [0.4, 0.5) is 0 Å². The van der Waals surface area contributed by atoms with Crippen LogP contribution in [0.5, 0.6) is 11.5 Å². The van der Waals surface area contributed by atoms with Crippen LogP contribution in [0, 0.1) is 17.2 Å². The van der Waals surface area contributed by atoms with E-state index in [0.29, 0.717) is 55.1 Å². The first kappa shape index (κ1) is 24.6. The highest BCUT2D eigenvalue weighted by Gasteiger charge is 2.52. The van der Waals surface area contributed by atoms with Crippen LogP contribution in [0.1, 0.15) is 48.2 Å². The van der Waals surface area contributed by atoms with E-state index in [1.165, 1.54) is 0 Å². The molecule has 2 amide bonds. The molecular formula is C27H32N4O4. The van der Waals surface area contributed by atoms with Crippen LogP contribution >= 0.6 is 0 Å². The lowest BCUT2D eigenvalue weighted by Crippen LogP contribution is -2.59. The van der Waals surface area contributed by atoms with Crippen molar-refractivity contribution in [1.82, 2.24) is 15.1 Å². The summed E-state index contributed by atoms with van der Waals surface area (Å²) in [7, 11) is 3.11. The molecule has 1 N–H and O–H groups in total. The minimum Gasteiger partial charge on any atom is -0.493 e. The number of ether oxygens (including phenoxy) is 2. The van der Waals surface area contributed by atoms with Gasteiger partial charge in [0.15, 0.2) is 11.5 Å². The van der Waals surface area contributed by atoms with E-state index in [4.69, 9.17) is 9.47 Å². The largest absolute Gasteiger partial charge is 0.493 e. The summed E-state index contributed by atoms with van der Waals surface area (Å²) in [5, 5.41) is 12.9. The van der Waals surface area contributed by atoms with Crippen molar-refractivity contribution < 1.29 is 19.1 Å². The topological polar surface area (TPSA) is 94.9 Å². The molecular weight excluding hydrogens is 444 g/mol. The first-order valence-corrected chi connectivity index (χ1v) is 11.9. The Bertz CT molecular complexity index is 1150. The molecule has 2 aromatic rings. The van der Waals surface area contributed by atoms with E-state index in [-0.39, 0.29) is 23.8 Å². The van der Waals surface area contributed by atoms with Crippen molar-refractivity contribution in [2.45, 2.75) is 44.9 Å². The number of nitrogens with one attached hydrogen (secondary N) is 1. The van der Waals surface area contributed by atoms with Crippen molar-refractivity contribution in [3.8, 4) is 17.6 Å². The van der Waals surface area contributed by atoms with Crippen LogP contribution in [0.2, 0.25) is 0 Å². The van der Waals surface area contributed by atoms with Crippen molar-refractivity contribution in [1.29, 1.82) is 5.26 Å². The quantitative estimate of drug-likeness (QED) is 0.688. The summed E-state index contributed by atoms with van der Waals surface area (Å²) < 4.78 is 10.6. The summed E-state index contributed by atoms with van der Waals surface area (Å²) in [5.41, 5.74) is 1.52. The molecule has 1 atom stereocenters. The van der Waals surface area contributed by atoms with Gasteiger partial charge < -0.3 is 19.3 Å². The monoisotopic (exact) mass is 476 g/mol. The maximum absolute atomic E-state index is 13.4. The van der Waals surface area contributed by atoms with Crippen molar-refractivity contribution in [2.75, 3.05) is 27.3 Å². The molecule has 2 fully saturated rings. The van der Waals surface area contributed by atoms with Crippen molar-refractivity contribution >= 4 is 11.8 Å². The molecule has 184 valence electrons. The number of nitrogens with zero attached hydrogens (tertiary/aromatic N) is 3. The van der Waals surface area contributed by atoms with Gasteiger partial charge in [-0.05, 0) is 41.8 Å². The number of likely N-dealkylation sites (tertiary alicyclic amines) is 1. The Morgan fingerprint density at radius 2 is 1.86 bits per heavy atom. The maximum Gasteiger partial charge on any atom is 0.253 e. The summed E-state index contributed by atoms with van der Waals surface area (Å²) in [6.45, 7) is 5.55. The molecule has 2 aromatic carbocycles. The van der Waals surface area contributed by atoms with Crippen LogP contribution in [-0.4, -0.2) is 60.6 Å². The van der Waals surface area contributed by atoms with Crippen molar-refractivity contribution in [3.05, 3.63) is 59.2 Å². The second-order valence-corrected chi connectivity index (χ2v) is 9.50. The Labute approximate surface area is 206 Å². The fraction of sp³-hybridized carbons (Fsp3) is 0.444. The van der Waals surface area contributed by atoms with Crippen molar-refractivity contribution in [2.24, 2.45) is 5.92 Å². The predicted molar refractivity (Wildman–Crippen MR) is 131 cm³/mol. The molecule has 8 nitrogen and oxygen atoms in total. The molecule has 4 rings (SSSR count). The van der Waals surface area contributed by atoms with Gasteiger partial charge in [0.1, 0.15) is 0 Å². The van der Waals surface area contributed by atoms with E-state index in [9.17, 15) is 14.9 Å². The minimum atomic E-state index is -0.525. The van der Waals surface area contributed by atoms with E-state index in [2.05, 4.69) is 11.4 Å². The molecule has 35 heavy (non-hydrogen) atoms. The number of hydrogen-bond donors (Lipinski definition) is 1. The van der Waals surface area contributed by atoms with Crippen LogP contribution < -0.4 is 14.8 Å². The van der Waals surface area contributed by atoms with Gasteiger partial charge in [-0.2, -0.15) is 5.26 Å². The van der Waals surface area contributed by atoms with Gasteiger partial charge in [-0.15, -0.1) is 0 Å². The molecule has 2 heterocycles. The molecule has 2 aliphatic heterocycles. The highest BCUT2D eigenvalue weighted by Crippen LogP contribution is 2.36. The zero-order valence-electron chi connectivity index (χ0n) is 20.7. The van der Waals surface area contributed by atoms with E-state index in [1.807, 2.05) is 41.8 Å². The van der Waals surface area contributed by atoms with Crippen LogP contribution in [0.15, 0.2) is 42.5 Å². The SMILES string of the molecule is COc1ccc(C(=O)N2CCC3(CC2)NC(C(C)C)C(=O)N3Cc2cccc(C#N)c2)cc1OC. The van der Waals surface area contributed by atoms with Gasteiger partial charge in [-0.25, -0.2) is 0 Å². The fourth-order valence-corrected chi connectivity index (χ4v) is 5.06. The standard InChI is InChI=1S/C27H32N4O4/c1-18(2)24-26(33)31(17-20-7-5-6-19(14-20)16-28)27(29-24)10-12-30(13-11-27)25(32)21-8-9-22(34-3)23(15-21)35-4/h5-9,14-15,18,24,29H,10-13,17H2,1-4H3. The smallest absolute Gasteiger partial charge is 0.253 e. The Balaban J connectivity index is 1.54. The Hall–Kier alpha value is -3.57. The first-order chi connectivity index (χ1) is 16.8. The minimum absolute atomic E-state index is 0.0705. The number of nitriles is 1. The highest BCUT2D eigenvalue weighted by molar-refractivity contribution is 5.95. The summed E-state index contributed by atoms with van der Waals surface area (Å²) in [6, 6.07) is 14.5. The highest BCUT2D eigenvalue weighted by atomic mass is 16.5. The number of carbonyl (C=O) groups is 2. The maximum atomic E-state index is 13.4. The second-order valence-electron chi connectivity index (χ2n) is 9.50. The van der Waals surface area contributed by atoms with E-state index in [0.717, 1.165) is 5.56 Å². The van der Waals surface area contributed by atoms with Gasteiger partial charge >= 0.3 is 0 Å². The molecule has 0 aromatic heterocycles. The lowest BCUT2D eigenvalue weighted by Gasteiger charge is -2.45. The van der Waals surface area contributed by atoms with Gasteiger partial charge in [0.2, 0.25) is 5.91 Å². The predicted octanol–water partition coefficient (Wildman–Crippen LogP) is 3.16. The van der Waals surface area contributed by atoms with Gasteiger partial charge in [0.05, 0.1) is 37.6 Å². The van der Waals surface area contributed by atoms with E-state index in [1.54, 1.807) is 38.5 Å². The number of rotatable bonds is 6. The summed E-state index contributed by atoms with van der Waals surface area (Å²) in [5.74, 6) is 1.23. The lowest BCUT2D eigenvalue weighted by molar-refractivity contribution is -0.134. The third-order valence-corrected chi connectivity index (χ3v) is 7.04. The van der Waals surface area contributed by atoms with E-state index < -0.39 is 5.66 Å². The fourth-order valence-electron chi connectivity index (χ4n) is 5.06. The summed E-state index contributed by atoms with van der Waals surface area (Å²) in [6.07, 6.45) is 1.25. The number of amides is 2. The Morgan fingerprint density at radius 3 is 2.49 bits per heavy atom. The molecule has 0 saturated carbocycles. The molecule has 2 saturated heterocycles. The van der Waals surface area contributed by atoms with Crippen LogP contribution in [-0.2, 0) is 11.3 Å². The zero-order valence-corrected chi connectivity index (χ0v) is 20.7. The number of benzene rings is 2. The van der Waals surface area contributed by atoms with Crippen LogP contribution in [0.3, 0.4) is 0 Å². The molecule has 1 spiro atoms. The van der Waals surface area contributed by atoms with Gasteiger partial charge in [0.25, 0.3) is 5.91 Å². The van der Waals surface area contributed by atoms with E-state index >= 15 is 0 Å². The first-order valence-electron chi connectivity index (χ1n) is 11.9. The van der Waals surface area contributed by atoms with Gasteiger partial charge in [-0.1, -0.05) is 26.0 Å². The number of piperidine rings is 1. The summed E-state index contributed by atoms with van der Waals surface area (Å²) >= 11 is 0. The molecule has 0 aliphatic carbocycles. The summed E-state index contributed by atoms with van der Waals surface area (Å²) in [4.78, 5) is 30.4. The Morgan fingerprint density at radius 1 is 1.14 bits per heavy atom. The normalized spacial score (nSPS) is 19.2. The average Bonchev–Trinajstić information content (AvgIpc) is 3.14. The second kappa shape index (κ2) is 9.96. The molecule has 0 radical (unpaired) electrons. The zero-order chi connectivity index (χ0) is 25.2. The third kappa shape index (κ3) is 4.69. The lowest BCUT2D eigenvalue weighted by atomic mass is 9.94. The van der Waals surface area contributed by atoms with Gasteiger partial charge in [-0.3, -0.25) is 14.9 Å². The van der Waals surface area contributed by atoms with Crippen molar-refractivity contribution in [3.63, 3.8) is 0 Å². The molecule has 0 bridgehead atoms. The number of methoxy groups -OCH3 is 2. The molecule has 8 heteroatoms. The molecule has 1 unspecified atom stereocenters. The number of hydrogen-bond acceptors (Lipinski definition) is 6. The molecule has 2 aliphatic rings. The van der Waals surface area contributed by atoms with Crippen LogP contribution in [0.25, 0.3) is 0 Å².